The van der Waals surface area contributed by atoms with Gasteiger partial charge in [0.15, 0.2) is 0 Å². The Kier molecular flexibility index (Phi) is 5.88. The predicted molar refractivity (Wildman–Crippen MR) is 115 cm³/mol. The van der Waals surface area contributed by atoms with Crippen molar-refractivity contribution in [2.75, 3.05) is 31.5 Å². The van der Waals surface area contributed by atoms with Crippen molar-refractivity contribution in [3.63, 3.8) is 0 Å². The van der Waals surface area contributed by atoms with Crippen molar-refractivity contribution in [3.05, 3.63) is 64.2 Å². The quantitative estimate of drug-likeness (QED) is 0.795. The second-order valence-electron chi connectivity index (χ2n) is 8.10. The number of rotatable bonds is 3. The summed E-state index contributed by atoms with van der Waals surface area (Å²) in [4.78, 5) is 17.3. The molecule has 2 aliphatic rings. The maximum Gasteiger partial charge on any atom is 0.321 e. The number of amides is 2. The number of piperidine rings is 1. The number of halogens is 1. The van der Waals surface area contributed by atoms with E-state index < -0.39 is 0 Å². The number of fused-ring (bicyclic) bond motifs is 1. The third-order valence-electron chi connectivity index (χ3n) is 5.97. The molecule has 0 spiro atoms. The van der Waals surface area contributed by atoms with Gasteiger partial charge in [-0.1, -0.05) is 41.9 Å². The number of carbonyl (C=O) groups excluding carboxylic acids is 1. The first-order chi connectivity index (χ1) is 13.6. The molecule has 1 fully saturated rings. The van der Waals surface area contributed by atoms with E-state index in [9.17, 15) is 4.79 Å². The molecule has 5 heteroatoms. The third kappa shape index (κ3) is 4.50. The van der Waals surface area contributed by atoms with E-state index in [2.05, 4.69) is 34.5 Å². The fourth-order valence-corrected chi connectivity index (χ4v) is 4.57. The van der Waals surface area contributed by atoms with Gasteiger partial charge in [0, 0.05) is 43.4 Å². The van der Waals surface area contributed by atoms with Gasteiger partial charge >= 0.3 is 6.03 Å². The lowest BCUT2D eigenvalue weighted by Gasteiger charge is -2.37. The van der Waals surface area contributed by atoms with E-state index >= 15 is 0 Å². The average Bonchev–Trinajstić information content (AvgIpc) is 2.71. The zero-order valence-electron chi connectivity index (χ0n) is 16.5. The molecule has 1 atom stereocenters. The summed E-state index contributed by atoms with van der Waals surface area (Å²) in [7, 11) is 0. The first-order valence-electron chi connectivity index (χ1n) is 10.2. The van der Waals surface area contributed by atoms with E-state index in [4.69, 9.17) is 11.6 Å². The first-order valence-corrected chi connectivity index (χ1v) is 10.6. The summed E-state index contributed by atoms with van der Waals surface area (Å²) in [6.07, 6.45) is 3.39. The smallest absolute Gasteiger partial charge is 0.321 e. The fraction of sp³-hybridized carbons (Fsp3) is 0.435. The normalized spacial score (nSPS) is 19.9. The molecule has 2 aromatic carbocycles. The number of urea groups is 1. The lowest BCUT2D eigenvalue weighted by molar-refractivity contribution is 0.140. The van der Waals surface area contributed by atoms with Crippen molar-refractivity contribution < 1.29 is 4.79 Å². The molecule has 0 radical (unpaired) electrons. The van der Waals surface area contributed by atoms with E-state index in [1.165, 1.54) is 17.5 Å². The molecular formula is C23H28ClN3O. The van der Waals surface area contributed by atoms with Crippen LogP contribution in [0.3, 0.4) is 0 Å². The number of hydrogen-bond donors (Lipinski definition) is 1. The van der Waals surface area contributed by atoms with Gasteiger partial charge in [-0.05, 0) is 60.9 Å². The van der Waals surface area contributed by atoms with Crippen molar-refractivity contribution in [1.82, 2.24) is 9.80 Å². The largest absolute Gasteiger partial charge is 0.324 e. The molecule has 1 saturated heterocycles. The van der Waals surface area contributed by atoms with Crippen molar-refractivity contribution in [1.29, 1.82) is 0 Å². The van der Waals surface area contributed by atoms with Crippen LogP contribution in [0, 0.1) is 12.8 Å². The van der Waals surface area contributed by atoms with Crippen molar-refractivity contribution in [2.24, 2.45) is 5.92 Å². The summed E-state index contributed by atoms with van der Waals surface area (Å²) < 4.78 is 0. The average molecular weight is 398 g/mol. The van der Waals surface area contributed by atoms with Gasteiger partial charge in [0.25, 0.3) is 0 Å². The number of nitrogens with one attached hydrogen (secondary N) is 1. The lowest BCUT2D eigenvalue weighted by atomic mass is 9.95. The molecule has 4 rings (SSSR count). The van der Waals surface area contributed by atoms with Gasteiger partial charge in [-0.25, -0.2) is 4.79 Å². The second kappa shape index (κ2) is 8.54. The van der Waals surface area contributed by atoms with Gasteiger partial charge in [0.2, 0.25) is 0 Å². The molecular weight excluding hydrogens is 370 g/mol. The standard InChI is InChI=1S/C23H28ClN3O/c1-17-8-9-21(24)13-22(17)25-23(28)27-11-4-5-18(15-27)14-26-12-10-19-6-2-3-7-20(19)16-26/h2-3,6-9,13,18H,4-5,10-12,14-16H2,1H3,(H,25,28)/t18-/m1/s1. The summed E-state index contributed by atoms with van der Waals surface area (Å²) in [5.74, 6) is 0.533. The number of anilines is 1. The minimum absolute atomic E-state index is 0.0148. The number of benzene rings is 2. The second-order valence-corrected chi connectivity index (χ2v) is 8.53. The van der Waals surface area contributed by atoms with Crippen LogP contribution >= 0.6 is 11.6 Å². The van der Waals surface area contributed by atoms with Crippen LogP contribution in [0.2, 0.25) is 5.02 Å². The third-order valence-corrected chi connectivity index (χ3v) is 6.21. The minimum Gasteiger partial charge on any atom is -0.324 e. The van der Waals surface area contributed by atoms with Gasteiger partial charge in [-0.3, -0.25) is 4.90 Å². The van der Waals surface area contributed by atoms with Crippen molar-refractivity contribution in [3.8, 4) is 0 Å². The maximum absolute atomic E-state index is 12.8. The molecule has 4 nitrogen and oxygen atoms in total. The van der Waals surface area contributed by atoms with E-state index in [0.717, 1.165) is 56.8 Å². The fourth-order valence-electron chi connectivity index (χ4n) is 4.40. The van der Waals surface area contributed by atoms with Crippen LogP contribution in [0.5, 0.6) is 0 Å². The van der Waals surface area contributed by atoms with E-state index in [-0.39, 0.29) is 6.03 Å². The van der Waals surface area contributed by atoms with Gasteiger partial charge in [0.05, 0.1) is 0 Å². The van der Waals surface area contributed by atoms with Crippen molar-refractivity contribution >= 4 is 23.3 Å². The Morgan fingerprint density at radius 3 is 2.86 bits per heavy atom. The number of carbonyl (C=O) groups is 1. The molecule has 0 bridgehead atoms. The Hall–Kier alpha value is -2.04. The van der Waals surface area contributed by atoms with E-state index in [0.29, 0.717) is 10.9 Å². The monoisotopic (exact) mass is 397 g/mol. The summed E-state index contributed by atoms with van der Waals surface area (Å²) in [6, 6.07) is 14.3. The Bertz CT molecular complexity index is 853. The number of likely N-dealkylation sites (tertiary alicyclic amines) is 1. The number of hydrogen-bond acceptors (Lipinski definition) is 2. The molecule has 148 valence electrons. The minimum atomic E-state index is -0.0148. The summed E-state index contributed by atoms with van der Waals surface area (Å²) in [5, 5.41) is 3.69. The molecule has 1 N–H and O–H groups in total. The van der Waals surface area contributed by atoms with E-state index in [1.807, 2.05) is 30.0 Å². The van der Waals surface area contributed by atoms with Crippen molar-refractivity contribution in [2.45, 2.75) is 32.7 Å². The molecule has 2 amide bonds. The highest BCUT2D eigenvalue weighted by molar-refractivity contribution is 6.31. The molecule has 2 heterocycles. The Labute approximate surface area is 172 Å². The molecule has 0 aliphatic carbocycles. The summed E-state index contributed by atoms with van der Waals surface area (Å²) >= 11 is 6.08. The molecule has 0 aromatic heterocycles. The van der Waals surface area contributed by atoms with Crippen LogP contribution < -0.4 is 5.32 Å². The highest BCUT2D eigenvalue weighted by Crippen LogP contribution is 2.25. The van der Waals surface area contributed by atoms with Crippen LogP contribution in [0.25, 0.3) is 0 Å². The molecule has 0 unspecified atom stereocenters. The topological polar surface area (TPSA) is 35.6 Å². The Morgan fingerprint density at radius 1 is 1.18 bits per heavy atom. The Morgan fingerprint density at radius 2 is 2.00 bits per heavy atom. The molecule has 2 aliphatic heterocycles. The maximum atomic E-state index is 12.8. The molecule has 2 aromatic rings. The van der Waals surface area contributed by atoms with Gasteiger partial charge in [0.1, 0.15) is 0 Å². The van der Waals surface area contributed by atoms with Crippen LogP contribution in [0.15, 0.2) is 42.5 Å². The SMILES string of the molecule is Cc1ccc(Cl)cc1NC(=O)N1CCC[C@H](CN2CCc3ccccc3C2)C1. The van der Waals surface area contributed by atoms with Gasteiger partial charge in [-0.15, -0.1) is 0 Å². The first kappa shape index (κ1) is 19.3. The highest BCUT2D eigenvalue weighted by Gasteiger charge is 2.26. The molecule has 0 saturated carbocycles. The number of nitrogens with zero attached hydrogens (tertiary/aromatic N) is 2. The van der Waals surface area contributed by atoms with Crippen LogP contribution in [-0.2, 0) is 13.0 Å². The Balaban J connectivity index is 1.34. The van der Waals surface area contributed by atoms with E-state index in [1.54, 1.807) is 0 Å². The zero-order chi connectivity index (χ0) is 19.5. The van der Waals surface area contributed by atoms with Crippen LogP contribution in [0.1, 0.15) is 29.5 Å². The zero-order valence-corrected chi connectivity index (χ0v) is 17.2. The summed E-state index contributed by atoms with van der Waals surface area (Å²) in [5.41, 5.74) is 4.77. The molecule has 28 heavy (non-hydrogen) atoms. The van der Waals surface area contributed by atoms with Gasteiger partial charge in [-0.2, -0.15) is 0 Å². The van der Waals surface area contributed by atoms with Gasteiger partial charge < -0.3 is 10.2 Å². The summed E-state index contributed by atoms with van der Waals surface area (Å²) in [6.45, 7) is 6.84. The number of aryl methyl sites for hydroxylation is 1. The van der Waals surface area contributed by atoms with Crippen LogP contribution in [-0.4, -0.2) is 42.0 Å². The lowest BCUT2D eigenvalue weighted by Crippen LogP contribution is -2.46. The highest BCUT2D eigenvalue weighted by atomic mass is 35.5. The van der Waals surface area contributed by atoms with Crippen LogP contribution in [0.4, 0.5) is 10.5 Å². The predicted octanol–water partition coefficient (Wildman–Crippen LogP) is 4.95.